The van der Waals surface area contributed by atoms with Crippen LogP contribution in [0.1, 0.15) is 20.3 Å². The van der Waals surface area contributed by atoms with Crippen LogP contribution in [0, 0.1) is 0 Å². The molecule has 0 unspecified atom stereocenters. The third-order valence-corrected chi connectivity index (χ3v) is 2.70. The lowest BCUT2D eigenvalue weighted by Crippen LogP contribution is -2.37. The molecular formula is C10H23BrN2. The van der Waals surface area contributed by atoms with Gasteiger partial charge in [-0.1, -0.05) is 15.9 Å². The molecule has 80 valence electrons. The highest BCUT2D eigenvalue weighted by Crippen LogP contribution is 2.01. The Morgan fingerprint density at radius 2 is 1.69 bits per heavy atom. The van der Waals surface area contributed by atoms with E-state index in [2.05, 4.69) is 53.7 Å². The number of nitrogens with zero attached hydrogens (tertiary/aromatic N) is 2. The van der Waals surface area contributed by atoms with Crippen molar-refractivity contribution in [1.82, 2.24) is 9.80 Å². The Kier molecular flexibility index (Phi) is 8.01. The maximum Gasteiger partial charge on any atom is 0.0112 e. The SMILES string of the molecule is CC(C)N(CCCBr)CCN(C)C. The number of alkyl halides is 1. The van der Waals surface area contributed by atoms with E-state index in [1.165, 1.54) is 19.5 Å². The first-order valence-corrected chi connectivity index (χ1v) is 6.14. The molecule has 0 aliphatic rings. The Hall–Kier alpha value is 0.400. The van der Waals surface area contributed by atoms with Gasteiger partial charge < -0.3 is 4.90 Å². The molecule has 0 amide bonds. The van der Waals surface area contributed by atoms with E-state index < -0.39 is 0 Å². The molecule has 0 fully saturated rings. The van der Waals surface area contributed by atoms with Crippen LogP contribution in [-0.2, 0) is 0 Å². The zero-order valence-electron chi connectivity index (χ0n) is 9.39. The Morgan fingerprint density at radius 3 is 2.08 bits per heavy atom. The second-order valence-electron chi connectivity index (χ2n) is 3.98. The van der Waals surface area contributed by atoms with E-state index in [4.69, 9.17) is 0 Å². The lowest BCUT2D eigenvalue weighted by atomic mass is 10.3. The molecule has 0 rings (SSSR count). The van der Waals surface area contributed by atoms with Gasteiger partial charge in [0.05, 0.1) is 0 Å². The average Bonchev–Trinajstić information content (AvgIpc) is 2.03. The summed E-state index contributed by atoms with van der Waals surface area (Å²) in [5.74, 6) is 0. The summed E-state index contributed by atoms with van der Waals surface area (Å²) in [7, 11) is 4.26. The lowest BCUT2D eigenvalue weighted by molar-refractivity contribution is 0.200. The van der Waals surface area contributed by atoms with Gasteiger partial charge in [-0.2, -0.15) is 0 Å². The van der Waals surface area contributed by atoms with Crippen LogP contribution in [-0.4, -0.2) is 54.9 Å². The summed E-state index contributed by atoms with van der Waals surface area (Å²) in [5, 5.41) is 1.11. The van der Waals surface area contributed by atoms with E-state index in [1.54, 1.807) is 0 Å². The highest BCUT2D eigenvalue weighted by molar-refractivity contribution is 9.09. The molecule has 2 nitrogen and oxygen atoms in total. The highest BCUT2D eigenvalue weighted by atomic mass is 79.9. The second kappa shape index (κ2) is 7.77. The van der Waals surface area contributed by atoms with Crippen LogP contribution in [0.4, 0.5) is 0 Å². The average molecular weight is 251 g/mol. The van der Waals surface area contributed by atoms with Gasteiger partial charge in [-0.25, -0.2) is 0 Å². The minimum Gasteiger partial charge on any atom is -0.308 e. The molecule has 13 heavy (non-hydrogen) atoms. The van der Waals surface area contributed by atoms with Gasteiger partial charge >= 0.3 is 0 Å². The van der Waals surface area contributed by atoms with Gasteiger partial charge in [0.15, 0.2) is 0 Å². The molecule has 0 saturated carbocycles. The molecular weight excluding hydrogens is 228 g/mol. The first kappa shape index (κ1) is 13.4. The van der Waals surface area contributed by atoms with Crippen molar-refractivity contribution in [1.29, 1.82) is 0 Å². The first-order chi connectivity index (χ1) is 6.07. The maximum absolute atomic E-state index is 3.47. The summed E-state index contributed by atoms with van der Waals surface area (Å²) < 4.78 is 0. The molecule has 0 bridgehead atoms. The third-order valence-electron chi connectivity index (χ3n) is 2.14. The maximum atomic E-state index is 3.47. The quantitative estimate of drug-likeness (QED) is 0.639. The van der Waals surface area contributed by atoms with Crippen LogP contribution in [0.15, 0.2) is 0 Å². The van der Waals surface area contributed by atoms with E-state index in [-0.39, 0.29) is 0 Å². The minimum atomic E-state index is 0.666. The van der Waals surface area contributed by atoms with E-state index in [0.717, 1.165) is 11.9 Å². The van der Waals surface area contributed by atoms with E-state index in [9.17, 15) is 0 Å². The smallest absolute Gasteiger partial charge is 0.0112 e. The lowest BCUT2D eigenvalue weighted by Gasteiger charge is -2.27. The standard InChI is InChI=1S/C10H23BrN2/c1-10(2)13(7-5-6-11)9-8-12(3)4/h10H,5-9H2,1-4H3. The second-order valence-corrected chi connectivity index (χ2v) is 4.77. The Labute approximate surface area is 91.4 Å². The number of hydrogen-bond donors (Lipinski definition) is 0. The van der Waals surface area contributed by atoms with Crippen LogP contribution in [0.2, 0.25) is 0 Å². The minimum absolute atomic E-state index is 0.666. The molecule has 0 aromatic carbocycles. The van der Waals surface area contributed by atoms with Crippen LogP contribution in [0.3, 0.4) is 0 Å². The molecule has 0 radical (unpaired) electrons. The number of halogens is 1. The van der Waals surface area contributed by atoms with Gasteiger partial charge in [0.25, 0.3) is 0 Å². The summed E-state index contributed by atoms with van der Waals surface area (Å²) >= 11 is 3.47. The van der Waals surface area contributed by atoms with Gasteiger partial charge in [-0.05, 0) is 40.9 Å². The monoisotopic (exact) mass is 250 g/mol. The number of hydrogen-bond acceptors (Lipinski definition) is 2. The van der Waals surface area contributed by atoms with Gasteiger partial charge in [0.1, 0.15) is 0 Å². The van der Waals surface area contributed by atoms with Crippen molar-refractivity contribution in [2.75, 3.05) is 39.1 Å². The summed E-state index contributed by atoms with van der Waals surface area (Å²) in [5.41, 5.74) is 0. The Morgan fingerprint density at radius 1 is 1.08 bits per heavy atom. The molecule has 0 N–H and O–H groups in total. The Bertz CT molecular complexity index is 115. The molecule has 0 heterocycles. The molecule has 3 heteroatoms. The van der Waals surface area contributed by atoms with Crippen molar-refractivity contribution >= 4 is 15.9 Å². The van der Waals surface area contributed by atoms with Crippen LogP contribution < -0.4 is 0 Å². The number of rotatable bonds is 7. The zero-order valence-corrected chi connectivity index (χ0v) is 11.0. The first-order valence-electron chi connectivity index (χ1n) is 5.02. The molecule has 0 aliphatic heterocycles. The largest absolute Gasteiger partial charge is 0.308 e. The van der Waals surface area contributed by atoms with E-state index in [0.29, 0.717) is 6.04 Å². The fourth-order valence-corrected chi connectivity index (χ4v) is 1.47. The van der Waals surface area contributed by atoms with Gasteiger partial charge in [-0.3, -0.25) is 4.90 Å². The Balaban J connectivity index is 3.67. The van der Waals surface area contributed by atoms with E-state index in [1.807, 2.05) is 0 Å². The zero-order chi connectivity index (χ0) is 10.3. The van der Waals surface area contributed by atoms with Crippen LogP contribution in [0.25, 0.3) is 0 Å². The van der Waals surface area contributed by atoms with Crippen molar-refractivity contribution in [3.05, 3.63) is 0 Å². The molecule has 0 atom stereocenters. The topological polar surface area (TPSA) is 6.48 Å². The fraction of sp³-hybridized carbons (Fsp3) is 1.00. The molecule has 0 spiro atoms. The van der Waals surface area contributed by atoms with Crippen molar-refractivity contribution < 1.29 is 0 Å². The fourth-order valence-electron chi connectivity index (χ4n) is 1.22. The van der Waals surface area contributed by atoms with Crippen LogP contribution in [0.5, 0.6) is 0 Å². The van der Waals surface area contributed by atoms with E-state index >= 15 is 0 Å². The van der Waals surface area contributed by atoms with Gasteiger partial charge in [0.2, 0.25) is 0 Å². The predicted octanol–water partition coefficient (Wildman–Crippen LogP) is 2.04. The summed E-state index contributed by atoms with van der Waals surface area (Å²) in [6.45, 7) is 8.07. The van der Waals surface area contributed by atoms with Crippen molar-refractivity contribution in [2.45, 2.75) is 26.3 Å². The number of likely N-dealkylation sites (N-methyl/N-ethyl adjacent to an activating group) is 1. The van der Waals surface area contributed by atoms with Crippen molar-refractivity contribution in [2.24, 2.45) is 0 Å². The van der Waals surface area contributed by atoms with Gasteiger partial charge in [0, 0.05) is 24.5 Å². The molecule has 0 saturated heterocycles. The molecule has 0 aromatic heterocycles. The summed E-state index contributed by atoms with van der Waals surface area (Å²) in [6.07, 6.45) is 1.24. The molecule has 0 aliphatic carbocycles. The summed E-state index contributed by atoms with van der Waals surface area (Å²) in [6, 6.07) is 0.666. The van der Waals surface area contributed by atoms with Crippen LogP contribution >= 0.6 is 15.9 Å². The molecule has 0 aromatic rings. The summed E-state index contributed by atoms with van der Waals surface area (Å²) in [4.78, 5) is 4.77. The normalized spacial score (nSPS) is 12.0. The predicted molar refractivity (Wildman–Crippen MR) is 63.7 cm³/mol. The van der Waals surface area contributed by atoms with Crippen molar-refractivity contribution in [3.8, 4) is 0 Å². The highest BCUT2D eigenvalue weighted by Gasteiger charge is 2.08. The van der Waals surface area contributed by atoms with Crippen molar-refractivity contribution in [3.63, 3.8) is 0 Å². The van der Waals surface area contributed by atoms with Gasteiger partial charge in [-0.15, -0.1) is 0 Å². The third kappa shape index (κ3) is 7.47.